The van der Waals surface area contributed by atoms with Crippen LogP contribution in [-0.4, -0.2) is 143 Å². The van der Waals surface area contributed by atoms with E-state index in [1.165, 1.54) is 0 Å². The molecule has 0 saturated carbocycles. The van der Waals surface area contributed by atoms with Gasteiger partial charge >= 0.3 is 18.3 Å². The molecule has 107 heavy (non-hydrogen) atoms. The summed E-state index contributed by atoms with van der Waals surface area (Å²) < 4.78 is 51.5. The molecule has 15 rings (SSSR count). The Labute approximate surface area is 628 Å². The number of ether oxygens (including phenoxy) is 3. The van der Waals surface area contributed by atoms with Crippen LogP contribution in [0.25, 0.3) is 0 Å². The molecule has 6 aliphatic heterocycles. The average Bonchev–Trinajstić information content (AvgIpc) is 1.56. The van der Waals surface area contributed by atoms with Crippen LogP contribution in [-0.2, 0) is 127 Å². The quantitative estimate of drug-likeness (QED) is 0.0824. The van der Waals surface area contributed by atoms with E-state index in [2.05, 4.69) is 4.57 Å². The molecule has 3 fully saturated rings. The molecule has 3 spiro atoms. The van der Waals surface area contributed by atoms with E-state index in [9.17, 15) is 42.3 Å². The van der Waals surface area contributed by atoms with Crippen LogP contribution in [0.5, 0.6) is 0 Å². The maximum absolute atomic E-state index is 14.8. The minimum atomic E-state index is -0.769. The summed E-state index contributed by atoms with van der Waals surface area (Å²) in [6, 6.07) is 23.3. The van der Waals surface area contributed by atoms with Crippen LogP contribution >= 0.6 is 0 Å². The number of hydrogen-bond acceptors (Lipinski definition) is 13. The Hall–Kier alpha value is -9.48. The summed E-state index contributed by atoms with van der Waals surface area (Å²) in [6.07, 6.45) is 9.98. The molecule has 9 heterocycles. The number of rotatable bonds is 16. The summed E-state index contributed by atoms with van der Waals surface area (Å²) in [4.78, 5) is 116. The number of para-hydroxylation sites is 3. The maximum atomic E-state index is 14.8. The number of nitrogens with zero attached hydrogens (tertiary/aromatic N) is 12. The number of allylic oxidation sites excluding steroid dienone is 4. The van der Waals surface area contributed by atoms with Crippen molar-refractivity contribution in [3.05, 3.63) is 164 Å². The first-order valence-corrected chi connectivity index (χ1v) is 37.6. The van der Waals surface area contributed by atoms with Crippen LogP contribution in [0, 0.1) is 5.92 Å². The number of fused-ring (bicyclic) bond motifs is 9. The zero-order chi connectivity index (χ0) is 74.7. The zero-order valence-corrected chi connectivity index (χ0v) is 62.9. The van der Waals surface area contributed by atoms with Gasteiger partial charge in [0.2, 0.25) is 17.7 Å². The Morgan fingerprint density at radius 2 is 0.673 bits per heavy atom. The summed E-state index contributed by atoms with van der Waals surface area (Å²) in [6.45, 7) is 25.0. The van der Waals surface area contributed by atoms with E-state index < -0.39 is 28.4 Å². The molecule has 6 amide bonds. The van der Waals surface area contributed by atoms with Crippen LogP contribution in [0.1, 0.15) is 205 Å². The van der Waals surface area contributed by atoms with Crippen LogP contribution in [0.3, 0.4) is 0 Å². The van der Waals surface area contributed by atoms with Gasteiger partial charge in [-0.25, -0.2) is 38.1 Å². The molecule has 3 aromatic heterocycles. The number of ketones is 1. The third kappa shape index (κ3) is 14.7. The highest BCUT2D eigenvalue weighted by molar-refractivity contribution is 6.11. The van der Waals surface area contributed by atoms with Crippen LogP contribution in [0.15, 0.2) is 95.6 Å². The molecule has 0 N–H and O–H groups in total. The van der Waals surface area contributed by atoms with Gasteiger partial charge in [0.05, 0.1) is 74.7 Å². The number of aryl methyl sites for hydroxylation is 3. The highest BCUT2D eigenvalue weighted by Gasteiger charge is 2.62. The Morgan fingerprint density at radius 1 is 0.411 bits per heavy atom. The third-order valence-corrected chi connectivity index (χ3v) is 22.1. The summed E-state index contributed by atoms with van der Waals surface area (Å²) in [5.41, 5.74) is 10.8. The van der Waals surface area contributed by atoms with Crippen molar-refractivity contribution in [2.24, 2.45) is 5.92 Å². The van der Waals surface area contributed by atoms with Gasteiger partial charge < -0.3 is 57.3 Å². The first-order valence-electron chi connectivity index (χ1n) is 37.6. The number of imidazole rings is 3. The van der Waals surface area contributed by atoms with Gasteiger partial charge in [0.15, 0.2) is 5.78 Å². The fraction of sp³-hybridized carbons (Fsp3) is 0.542. The largest absolute Gasteiger partial charge is 0.447 e. The SMILES string of the molecule is C.C.CC(C)=C(F)Cn1c(CN2C(=O)C3(CN(C(=O)OC(C)C)C3)c3ccccc32)nc2c1CCCC2.CC(C)=C(F)Cn1c(CN2C(=O)C3(CN(C(=O)OC(C)C)C3)c3ccccc32)nc2c1CCCC2.CC(C)OC(=O)N1CC2(C1)C(=O)N(Cc1nc3c(n1CC(=O)C(C)C)CCCC3)c1ccccc12. The molecular formula is C83H108F2N12O10. The number of likely N-dealkylation sites (tertiary alicyclic amines) is 3. The normalized spacial score (nSPS) is 17.7. The van der Waals surface area contributed by atoms with E-state index in [1.807, 2.05) is 137 Å². The van der Waals surface area contributed by atoms with Crippen molar-refractivity contribution in [3.8, 4) is 0 Å². The van der Waals surface area contributed by atoms with Gasteiger partial charge in [-0.3, -0.25) is 19.2 Å². The van der Waals surface area contributed by atoms with E-state index in [4.69, 9.17) is 29.2 Å². The maximum Gasteiger partial charge on any atom is 0.410 e. The predicted molar refractivity (Wildman–Crippen MR) is 406 cm³/mol. The zero-order valence-electron chi connectivity index (χ0n) is 62.9. The van der Waals surface area contributed by atoms with Gasteiger partial charge in [-0.1, -0.05) is 83.3 Å². The summed E-state index contributed by atoms with van der Waals surface area (Å²) >= 11 is 0. The van der Waals surface area contributed by atoms with E-state index in [0.29, 0.717) is 75.2 Å². The van der Waals surface area contributed by atoms with E-state index in [-0.39, 0.29) is 107 Å². The Balaban J connectivity index is 0.000000158. The van der Waals surface area contributed by atoms with Crippen molar-refractivity contribution >= 4 is 58.8 Å². The molecule has 6 aromatic rings. The lowest BCUT2D eigenvalue weighted by atomic mass is 9.75. The molecule has 0 unspecified atom stereocenters. The lowest BCUT2D eigenvalue weighted by molar-refractivity contribution is -0.129. The number of halogens is 2. The van der Waals surface area contributed by atoms with Crippen molar-refractivity contribution < 1.29 is 56.6 Å². The lowest BCUT2D eigenvalue weighted by Crippen LogP contribution is -2.65. The monoisotopic (exact) mass is 1470 g/mol. The number of hydrogen-bond donors (Lipinski definition) is 0. The first kappa shape index (κ1) is 78.6. The molecule has 3 saturated heterocycles. The lowest BCUT2D eigenvalue weighted by Gasteiger charge is -2.46. The number of Topliss-reactive ketones (excluding diaryl/α,β-unsaturated/α-hetero) is 1. The van der Waals surface area contributed by atoms with Gasteiger partial charge in [0.25, 0.3) is 0 Å². The van der Waals surface area contributed by atoms with E-state index in [0.717, 1.165) is 151 Å². The molecule has 9 aliphatic rings. The average molecular weight is 1470 g/mol. The second-order valence-electron chi connectivity index (χ2n) is 31.4. The second-order valence-corrected chi connectivity index (χ2v) is 31.4. The van der Waals surface area contributed by atoms with Crippen molar-refractivity contribution in [2.45, 2.75) is 249 Å². The molecule has 3 aliphatic carbocycles. The number of amides is 6. The number of anilines is 3. The van der Waals surface area contributed by atoms with Crippen LogP contribution < -0.4 is 14.7 Å². The van der Waals surface area contributed by atoms with Gasteiger partial charge in [-0.05, 0) is 192 Å². The fourth-order valence-electron chi connectivity index (χ4n) is 16.5. The minimum absolute atomic E-state index is 0. The third-order valence-electron chi connectivity index (χ3n) is 22.1. The van der Waals surface area contributed by atoms with Gasteiger partial charge in [0, 0.05) is 79.3 Å². The Bertz CT molecular complexity index is 4290. The predicted octanol–water partition coefficient (Wildman–Crippen LogP) is 14.2. The molecule has 574 valence electrons. The highest BCUT2D eigenvalue weighted by atomic mass is 19.1. The molecule has 3 aromatic carbocycles. The smallest absolute Gasteiger partial charge is 0.410 e. The Morgan fingerprint density at radius 3 is 0.935 bits per heavy atom. The highest BCUT2D eigenvalue weighted by Crippen LogP contribution is 2.51. The number of carbonyl (C=O) groups is 7. The number of aromatic nitrogens is 6. The molecular weight excluding hydrogens is 1360 g/mol. The van der Waals surface area contributed by atoms with Gasteiger partial charge in [-0.2, -0.15) is 0 Å². The topological polar surface area (TPSA) is 220 Å². The first-order chi connectivity index (χ1) is 50.1. The van der Waals surface area contributed by atoms with Crippen molar-refractivity contribution in [1.82, 2.24) is 43.4 Å². The molecule has 0 atom stereocenters. The van der Waals surface area contributed by atoms with Crippen molar-refractivity contribution in [1.29, 1.82) is 0 Å². The standard InChI is InChI=1S/2C27H33FN4O3.C27H34N4O4.2CH4/c2*1-17(2)20(28)13-31-23-12-8-6-10-21(23)29-24(31)14-32-22-11-7-5-9-19(22)27(25(32)33)15-30(16-27)26(34)35-18(3)4;1-17(2)23(32)13-30-22-12-8-6-10-20(22)28-24(30)14-31-21-11-7-5-9-19(21)27(25(31)33)15-29(16-27)26(34)35-18(3)4;;/h2*5,7,9,11,18H,6,8,10,12-16H2,1-4H3;5,7,9,11,17-18H,6,8,10,12-16H2,1-4H3;2*1H4. The van der Waals surface area contributed by atoms with Crippen molar-refractivity contribution in [3.63, 3.8) is 0 Å². The molecule has 0 radical (unpaired) electrons. The number of carbonyl (C=O) groups excluding carboxylic acids is 7. The second kappa shape index (κ2) is 31.4. The van der Waals surface area contributed by atoms with E-state index >= 15 is 0 Å². The molecule has 22 nitrogen and oxygen atoms in total. The van der Waals surface area contributed by atoms with Crippen LogP contribution in [0.2, 0.25) is 0 Å². The van der Waals surface area contributed by atoms with Gasteiger partial charge in [-0.15, -0.1) is 0 Å². The summed E-state index contributed by atoms with van der Waals surface area (Å²) in [5, 5.41) is 0. The Kier molecular flexibility index (Phi) is 23.0. The number of benzene rings is 3. The van der Waals surface area contributed by atoms with Crippen molar-refractivity contribution in [2.75, 3.05) is 54.0 Å². The summed E-state index contributed by atoms with van der Waals surface area (Å²) in [5.74, 6) is 1.86. The van der Waals surface area contributed by atoms with E-state index in [1.54, 1.807) is 57.1 Å². The minimum Gasteiger partial charge on any atom is -0.447 e. The summed E-state index contributed by atoms with van der Waals surface area (Å²) in [7, 11) is 0. The fourth-order valence-corrected chi connectivity index (χ4v) is 16.5. The van der Waals surface area contributed by atoms with Gasteiger partial charge in [0.1, 0.15) is 45.4 Å². The molecule has 0 bridgehead atoms. The molecule has 24 heteroatoms. The van der Waals surface area contributed by atoms with Crippen LogP contribution in [0.4, 0.5) is 40.2 Å².